The molecular weight excluding hydrogens is 883 g/mol. The molecule has 0 aliphatic carbocycles. The number of carboxylic acid groups (broad SMARTS) is 1. The number of hydrogen-bond donors (Lipinski definition) is 10. The van der Waals surface area contributed by atoms with Crippen LogP contribution in [0.5, 0.6) is 0 Å². The van der Waals surface area contributed by atoms with Crippen LogP contribution in [0.15, 0.2) is 30.3 Å². The van der Waals surface area contributed by atoms with Crippen molar-refractivity contribution in [2.75, 3.05) is 6.54 Å². The van der Waals surface area contributed by atoms with Crippen molar-refractivity contribution in [1.29, 1.82) is 0 Å². The molecular formula is C51H89N9O9. The summed E-state index contributed by atoms with van der Waals surface area (Å²) in [6, 6.07) is 0.252. The molecule has 392 valence electrons. The second kappa shape index (κ2) is 31.9. The van der Waals surface area contributed by atoms with E-state index in [4.69, 9.17) is 11.5 Å². The third-order valence-electron chi connectivity index (χ3n) is 11.7. The lowest BCUT2D eigenvalue weighted by molar-refractivity contribution is -0.143. The molecule has 18 nitrogen and oxygen atoms in total. The summed E-state index contributed by atoms with van der Waals surface area (Å²) in [5.74, 6) is -6.21. The Morgan fingerprint density at radius 2 is 0.826 bits per heavy atom. The highest BCUT2D eigenvalue weighted by atomic mass is 16.4. The van der Waals surface area contributed by atoms with Crippen molar-refractivity contribution in [1.82, 2.24) is 37.2 Å². The fourth-order valence-electron chi connectivity index (χ4n) is 7.79. The Labute approximate surface area is 411 Å². The topological polar surface area (TPSA) is 293 Å². The summed E-state index contributed by atoms with van der Waals surface area (Å²) in [6.45, 7) is 22.9. The van der Waals surface area contributed by atoms with Gasteiger partial charge in [-0.25, -0.2) is 4.79 Å². The number of amides is 7. The maximum Gasteiger partial charge on any atom is 0.326 e. The molecule has 9 atom stereocenters. The van der Waals surface area contributed by atoms with E-state index in [1.807, 2.05) is 82.2 Å². The van der Waals surface area contributed by atoms with Crippen LogP contribution in [0.4, 0.5) is 0 Å². The van der Waals surface area contributed by atoms with Crippen LogP contribution in [-0.4, -0.2) is 107 Å². The molecule has 1 aromatic carbocycles. The number of carbonyl (C=O) groups is 8. The predicted octanol–water partition coefficient (Wildman–Crippen LogP) is 3.44. The normalized spacial score (nSPS) is 15.5. The van der Waals surface area contributed by atoms with E-state index in [9.17, 15) is 43.5 Å². The zero-order chi connectivity index (χ0) is 52.5. The van der Waals surface area contributed by atoms with Crippen molar-refractivity contribution in [3.8, 4) is 0 Å². The Morgan fingerprint density at radius 3 is 1.22 bits per heavy atom. The average Bonchev–Trinajstić information content (AvgIpc) is 3.25. The van der Waals surface area contributed by atoms with Crippen LogP contribution < -0.4 is 48.7 Å². The molecule has 18 heteroatoms. The van der Waals surface area contributed by atoms with Gasteiger partial charge in [-0.05, 0) is 92.6 Å². The largest absolute Gasteiger partial charge is 0.480 e. The van der Waals surface area contributed by atoms with Gasteiger partial charge in [-0.2, -0.15) is 0 Å². The molecule has 0 aliphatic rings. The summed E-state index contributed by atoms with van der Waals surface area (Å²) in [6.07, 6.45) is 3.27. The highest BCUT2D eigenvalue weighted by Gasteiger charge is 2.36. The lowest BCUT2D eigenvalue weighted by atomic mass is 9.95. The van der Waals surface area contributed by atoms with E-state index in [-0.39, 0.29) is 68.1 Å². The number of nitrogens with one attached hydrogen (secondary N) is 7. The second-order valence-corrected chi connectivity index (χ2v) is 20.8. The number of nitrogens with two attached hydrogens (primary N) is 2. The molecule has 0 aliphatic heterocycles. The van der Waals surface area contributed by atoms with Crippen molar-refractivity contribution in [3.05, 3.63) is 35.9 Å². The van der Waals surface area contributed by atoms with Gasteiger partial charge in [0.2, 0.25) is 41.4 Å². The molecule has 0 bridgehead atoms. The van der Waals surface area contributed by atoms with Gasteiger partial charge in [0, 0.05) is 6.42 Å². The molecule has 0 radical (unpaired) electrons. The average molecular weight is 972 g/mol. The molecule has 0 spiro atoms. The summed E-state index contributed by atoms with van der Waals surface area (Å²) in [4.78, 5) is 110. The van der Waals surface area contributed by atoms with Crippen LogP contribution in [0.2, 0.25) is 0 Å². The molecule has 9 unspecified atom stereocenters. The van der Waals surface area contributed by atoms with Crippen molar-refractivity contribution in [3.63, 3.8) is 0 Å². The van der Waals surface area contributed by atoms with Crippen LogP contribution in [0, 0.1) is 35.5 Å². The van der Waals surface area contributed by atoms with Gasteiger partial charge in [0.05, 0.1) is 6.04 Å². The molecule has 7 amide bonds. The van der Waals surface area contributed by atoms with Gasteiger partial charge in [0.1, 0.15) is 42.3 Å². The fraction of sp³-hybridized carbons (Fsp3) is 0.725. The molecule has 0 fully saturated rings. The first-order chi connectivity index (χ1) is 32.3. The smallest absolute Gasteiger partial charge is 0.326 e. The Hall–Kier alpha value is -5.10. The standard InChI is InChI=1S/C51H89N9O9/c1-13-34(12)43(60-49(66)40(26-32(8)9)54-44(61)36(53)21-17-18-22-52)50(67)58-39(25-31(6)7)46(63)57-41(28-35-19-15-14-16-20-35)48(65)56-37(23-29(2)3)45(62)55-38(24-30(4)5)47(64)59-42(51(68)69)27-33(10)11/h14-16,19-20,29-34,36-43H,13,17-18,21-28,52-53H2,1-12H3,(H,54,61)(H,55,62)(H,56,65)(H,57,63)(H,58,67)(H,59,64)(H,60,66)(H,68,69). The van der Waals surface area contributed by atoms with Gasteiger partial charge in [0.25, 0.3) is 0 Å². The van der Waals surface area contributed by atoms with Gasteiger partial charge in [0.15, 0.2) is 0 Å². The quantitative estimate of drug-likeness (QED) is 0.0456. The van der Waals surface area contributed by atoms with Gasteiger partial charge in [-0.1, -0.05) is 126 Å². The molecule has 0 saturated carbocycles. The minimum Gasteiger partial charge on any atom is -0.480 e. The van der Waals surface area contributed by atoms with E-state index in [0.29, 0.717) is 37.8 Å². The van der Waals surface area contributed by atoms with Crippen LogP contribution in [0.3, 0.4) is 0 Å². The van der Waals surface area contributed by atoms with Crippen LogP contribution in [0.1, 0.15) is 146 Å². The summed E-state index contributed by atoms with van der Waals surface area (Å²) in [7, 11) is 0. The number of hydrogen-bond acceptors (Lipinski definition) is 10. The number of unbranched alkanes of at least 4 members (excludes halogenated alkanes) is 1. The highest BCUT2D eigenvalue weighted by molar-refractivity contribution is 5.97. The molecule has 69 heavy (non-hydrogen) atoms. The Morgan fingerprint density at radius 1 is 0.478 bits per heavy atom. The molecule has 0 aromatic heterocycles. The summed E-state index contributed by atoms with van der Waals surface area (Å²) < 4.78 is 0. The van der Waals surface area contributed by atoms with Crippen LogP contribution in [-0.2, 0) is 44.8 Å². The SMILES string of the molecule is CCC(C)C(NC(=O)C(CC(C)C)NC(=O)C(N)CCCCN)C(=O)NC(CC(C)C)C(=O)NC(Cc1ccccc1)C(=O)NC(CC(C)C)C(=O)NC(CC(C)C)C(=O)NC(CC(C)C)C(=O)O. The first kappa shape index (κ1) is 61.9. The Bertz CT molecular complexity index is 1780. The van der Waals surface area contributed by atoms with E-state index in [1.165, 1.54) is 0 Å². The number of benzene rings is 1. The maximum atomic E-state index is 14.4. The first-order valence-corrected chi connectivity index (χ1v) is 25.1. The van der Waals surface area contributed by atoms with E-state index >= 15 is 0 Å². The Kier molecular flexibility index (Phi) is 28.6. The van der Waals surface area contributed by atoms with E-state index < -0.39 is 102 Å². The lowest BCUT2D eigenvalue weighted by Gasteiger charge is -2.30. The number of rotatable bonds is 33. The van der Waals surface area contributed by atoms with Crippen molar-refractivity contribution < 1.29 is 43.5 Å². The lowest BCUT2D eigenvalue weighted by Crippen LogP contribution is -2.61. The number of aliphatic carboxylic acids is 1. The summed E-state index contributed by atoms with van der Waals surface area (Å²) in [5.41, 5.74) is 12.4. The monoisotopic (exact) mass is 972 g/mol. The molecule has 1 rings (SSSR count). The minimum absolute atomic E-state index is 0.00171. The Balaban J connectivity index is 3.53. The van der Waals surface area contributed by atoms with E-state index in [0.717, 1.165) is 0 Å². The molecule has 12 N–H and O–H groups in total. The number of carboxylic acids is 1. The van der Waals surface area contributed by atoms with Crippen LogP contribution in [0.25, 0.3) is 0 Å². The van der Waals surface area contributed by atoms with Crippen molar-refractivity contribution in [2.24, 2.45) is 47.0 Å². The first-order valence-electron chi connectivity index (χ1n) is 25.1. The zero-order valence-electron chi connectivity index (χ0n) is 43.6. The van der Waals surface area contributed by atoms with Gasteiger partial charge in [-0.3, -0.25) is 33.6 Å². The highest BCUT2D eigenvalue weighted by Crippen LogP contribution is 2.16. The van der Waals surface area contributed by atoms with Crippen molar-refractivity contribution in [2.45, 2.75) is 196 Å². The summed E-state index contributed by atoms with van der Waals surface area (Å²) >= 11 is 0. The van der Waals surface area contributed by atoms with E-state index in [1.54, 1.807) is 31.2 Å². The van der Waals surface area contributed by atoms with Gasteiger partial charge < -0.3 is 53.8 Å². The van der Waals surface area contributed by atoms with E-state index in [2.05, 4.69) is 37.2 Å². The number of carbonyl (C=O) groups excluding carboxylic acids is 7. The van der Waals surface area contributed by atoms with Gasteiger partial charge >= 0.3 is 5.97 Å². The zero-order valence-corrected chi connectivity index (χ0v) is 43.6. The maximum absolute atomic E-state index is 14.4. The third kappa shape index (κ3) is 24.3. The predicted molar refractivity (Wildman–Crippen MR) is 269 cm³/mol. The molecule has 0 saturated heterocycles. The minimum atomic E-state index is -1.23. The van der Waals surface area contributed by atoms with Crippen molar-refractivity contribution >= 4 is 47.3 Å². The molecule has 0 heterocycles. The summed E-state index contributed by atoms with van der Waals surface area (Å²) in [5, 5.41) is 29.3. The fourth-order valence-corrected chi connectivity index (χ4v) is 7.79. The third-order valence-corrected chi connectivity index (χ3v) is 11.7. The van der Waals surface area contributed by atoms with Crippen LogP contribution >= 0.6 is 0 Å². The second-order valence-electron chi connectivity index (χ2n) is 20.8. The molecule has 1 aromatic rings. The van der Waals surface area contributed by atoms with Gasteiger partial charge in [-0.15, -0.1) is 0 Å².